The number of hydrazone groups is 1. The van der Waals surface area contributed by atoms with Gasteiger partial charge in [0.1, 0.15) is 11.8 Å². The molecular formula is C18H21F2N5O3. The summed E-state index contributed by atoms with van der Waals surface area (Å²) in [7, 11) is 0. The molecule has 1 aliphatic carbocycles. The van der Waals surface area contributed by atoms with Gasteiger partial charge >= 0.3 is 6.09 Å². The van der Waals surface area contributed by atoms with Gasteiger partial charge in [-0.05, 0) is 12.8 Å². The molecule has 3 fully saturated rings. The highest BCUT2D eigenvalue weighted by Crippen LogP contribution is 2.52. The van der Waals surface area contributed by atoms with E-state index in [0.29, 0.717) is 6.54 Å². The van der Waals surface area contributed by atoms with E-state index in [2.05, 4.69) is 10.4 Å². The van der Waals surface area contributed by atoms with E-state index in [-0.39, 0.29) is 42.3 Å². The average Bonchev–Trinajstić information content (AvgIpc) is 3.16. The summed E-state index contributed by atoms with van der Waals surface area (Å²) >= 11 is 0. The van der Waals surface area contributed by atoms with Gasteiger partial charge < -0.3 is 20.8 Å². The van der Waals surface area contributed by atoms with Gasteiger partial charge in [0.25, 0.3) is 0 Å². The zero-order valence-electron chi connectivity index (χ0n) is 15.4. The van der Waals surface area contributed by atoms with Gasteiger partial charge in [-0.3, -0.25) is 9.69 Å². The number of ether oxygens (including phenoxy) is 1. The molecule has 28 heavy (non-hydrogen) atoms. The van der Waals surface area contributed by atoms with Gasteiger partial charge in [0.05, 0.1) is 31.0 Å². The number of carbonyl (C=O) groups excluding carboxylic acids is 2. The van der Waals surface area contributed by atoms with Crippen molar-refractivity contribution in [2.45, 2.75) is 25.9 Å². The Hall–Kier alpha value is -2.91. The third-order valence-corrected chi connectivity index (χ3v) is 5.54. The highest BCUT2D eigenvalue weighted by Gasteiger charge is 2.54. The van der Waals surface area contributed by atoms with Crippen molar-refractivity contribution in [3.8, 4) is 0 Å². The number of cyclic esters (lactones) is 1. The third kappa shape index (κ3) is 3.12. The first-order chi connectivity index (χ1) is 13.3. The Morgan fingerprint density at radius 1 is 1.39 bits per heavy atom. The summed E-state index contributed by atoms with van der Waals surface area (Å²) in [6, 6.07) is 2.25. The van der Waals surface area contributed by atoms with E-state index in [1.165, 1.54) is 6.92 Å². The standard InChI is InChI=1S/C18H21F2N5O3/c1-10(26)22-6-12-7-25(17(27)28-12)11-4-13(19)16(14(20)5-11)24-8-15(23-21)18(9-24)2-3-18/h4-5,12H,2-3,6-9,21H2,1H3,(H,22,26)/b23-15+/t12-/m0/s1. The van der Waals surface area contributed by atoms with Crippen LogP contribution in [0, 0.1) is 17.0 Å². The van der Waals surface area contributed by atoms with Crippen LogP contribution < -0.4 is 21.0 Å². The molecule has 0 unspecified atom stereocenters. The number of rotatable bonds is 4. The minimum atomic E-state index is -0.762. The molecule has 1 atom stereocenters. The fourth-order valence-corrected chi connectivity index (χ4v) is 3.90. The lowest BCUT2D eigenvalue weighted by molar-refractivity contribution is -0.119. The number of anilines is 2. The first-order valence-corrected chi connectivity index (χ1v) is 9.07. The summed E-state index contributed by atoms with van der Waals surface area (Å²) in [4.78, 5) is 25.8. The van der Waals surface area contributed by atoms with Crippen LogP contribution >= 0.6 is 0 Å². The molecule has 0 bridgehead atoms. The molecule has 2 amide bonds. The SMILES string of the molecule is CC(=O)NC[C@H]1CN(c2cc(F)c(N3C/C(=N\N)C4(CC4)C3)c(F)c2)C(=O)O1. The fraction of sp³-hybridized carbons (Fsp3) is 0.500. The van der Waals surface area contributed by atoms with Crippen LogP contribution in [0.2, 0.25) is 0 Å². The molecule has 3 N–H and O–H groups in total. The van der Waals surface area contributed by atoms with Crippen LogP contribution in [-0.4, -0.2) is 50.0 Å². The molecule has 150 valence electrons. The Morgan fingerprint density at radius 2 is 2.07 bits per heavy atom. The largest absolute Gasteiger partial charge is 0.442 e. The van der Waals surface area contributed by atoms with Crippen LogP contribution in [0.5, 0.6) is 0 Å². The number of carbonyl (C=O) groups is 2. The molecule has 3 aliphatic rings. The van der Waals surface area contributed by atoms with E-state index >= 15 is 0 Å². The Kier molecular flexibility index (Phi) is 4.35. The second-order valence-corrected chi connectivity index (χ2v) is 7.52. The van der Waals surface area contributed by atoms with Gasteiger partial charge in [0, 0.05) is 31.0 Å². The van der Waals surface area contributed by atoms with Crippen molar-refractivity contribution in [1.29, 1.82) is 0 Å². The van der Waals surface area contributed by atoms with Crippen molar-refractivity contribution >= 4 is 29.1 Å². The van der Waals surface area contributed by atoms with Crippen LogP contribution in [0.25, 0.3) is 0 Å². The molecule has 1 aromatic carbocycles. The lowest BCUT2D eigenvalue weighted by atomic mass is 10.1. The van der Waals surface area contributed by atoms with Gasteiger partial charge in [0.15, 0.2) is 11.6 Å². The number of nitrogens with one attached hydrogen (secondary N) is 1. The predicted molar refractivity (Wildman–Crippen MR) is 98.2 cm³/mol. The van der Waals surface area contributed by atoms with E-state index in [1.54, 1.807) is 4.90 Å². The van der Waals surface area contributed by atoms with Crippen molar-refractivity contribution in [3.63, 3.8) is 0 Å². The second kappa shape index (κ2) is 6.61. The summed E-state index contributed by atoms with van der Waals surface area (Å²) in [5.74, 6) is 3.66. The monoisotopic (exact) mass is 393 g/mol. The number of halogens is 2. The zero-order chi connectivity index (χ0) is 20.1. The van der Waals surface area contributed by atoms with Crippen molar-refractivity contribution in [2.75, 3.05) is 36.0 Å². The minimum absolute atomic E-state index is 0.0714. The van der Waals surface area contributed by atoms with Crippen LogP contribution in [0.4, 0.5) is 25.0 Å². The molecule has 10 heteroatoms. The molecule has 2 saturated heterocycles. The van der Waals surface area contributed by atoms with E-state index in [0.717, 1.165) is 35.6 Å². The maximum atomic E-state index is 14.8. The highest BCUT2D eigenvalue weighted by atomic mass is 19.1. The molecule has 1 spiro atoms. The predicted octanol–water partition coefficient (Wildman–Crippen LogP) is 1.34. The zero-order valence-corrected chi connectivity index (χ0v) is 15.4. The first kappa shape index (κ1) is 18.5. The topological polar surface area (TPSA) is 100 Å². The number of hydrogen-bond acceptors (Lipinski definition) is 6. The Bertz CT molecular complexity index is 848. The van der Waals surface area contributed by atoms with Crippen LogP contribution in [0.1, 0.15) is 19.8 Å². The molecule has 0 radical (unpaired) electrons. The van der Waals surface area contributed by atoms with E-state index < -0.39 is 23.8 Å². The Balaban J connectivity index is 1.54. The minimum Gasteiger partial charge on any atom is -0.442 e. The second-order valence-electron chi connectivity index (χ2n) is 7.52. The van der Waals surface area contributed by atoms with E-state index in [1.807, 2.05) is 0 Å². The highest BCUT2D eigenvalue weighted by molar-refractivity contribution is 5.99. The van der Waals surface area contributed by atoms with Crippen molar-refractivity contribution < 1.29 is 23.1 Å². The maximum absolute atomic E-state index is 14.8. The van der Waals surface area contributed by atoms with Gasteiger partial charge in [-0.25, -0.2) is 13.6 Å². The quantitative estimate of drug-likeness (QED) is 0.594. The summed E-state index contributed by atoms with van der Waals surface area (Å²) in [6.45, 7) is 2.34. The maximum Gasteiger partial charge on any atom is 0.414 e. The van der Waals surface area contributed by atoms with Crippen molar-refractivity contribution in [2.24, 2.45) is 16.4 Å². The van der Waals surface area contributed by atoms with Gasteiger partial charge in [-0.15, -0.1) is 0 Å². The first-order valence-electron chi connectivity index (χ1n) is 9.07. The fourth-order valence-electron chi connectivity index (χ4n) is 3.90. The lowest BCUT2D eigenvalue weighted by Gasteiger charge is -2.21. The van der Waals surface area contributed by atoms with Crippen LogP contribution in [0.3, 0.4) is 0 Å². The third-order valence-electron chi connectivity index (χ3n) is 5.54. The molecular weight excluding hydrogens is 372 g/mol. The number of amides is 2. The summed E-state index contributed by atoms with van der Waals surface area (Å²) in [6.07, 6.45) is 0.531. The average molecular weight is 393 g/mol. The molecule has 2 heterocycles. The number of hydrogen-bond donors (Lipinski definition) is 2. The Labute approximate surface area is 160 Å². The summed E-state index contributed by atoms with van der Waals surface area (Å²) < 4.78 is 34.8. The van der Waals surface area contributed by atoms with Gasteiger partial charge in [0.2, 0.25) is 5.91 Å². The van der Waals surface area contributed by atoms with Crippen molar-refractivity contribution in [3.05, 3.63) is 23.8 Å². The molecule has 2 aliphatic heterocycles. The van der Waals surface area contributed by atoms with Crippen LogP contribution in [-0.2, 0) is 9.53 Å². The Morgan fingerprint density at radius 3 is 2.61 bits per heavy atom. The lowest BCUT2D eigenvalue weighted by Crippen LogP contribution is -2.33. The summed E-state index contributed by atoms with van der Waals surface area (Å²) in [5.41, 5.74) is 0.541. The van der Waals surface area contributed by atoms with Crippen molar-refractivity contribution in [1.82, 2.24) is 5.32 Å². The molecule has 1 aromatic rings. The molecule has 1 saturated carbocycles. The number of nitrogens with two attached hydrogens (primary N) is 1. The summed E-state index contributed by atoms with van der Waals surface area (Å²) in [5, 5.41) is 6.35. The van der Waals surface area contributed by atoms with Gasteiger partial charge in [-0.2, -0.15) is 5.10 Å². The molecule has 0 aromatic heterocycles. The van der Waals surface area contributed by atoms with E-state index in [4.69, 9.17) is 10.6 Å². The molecule has 8 nitrogen and oxygen atoms in total. The molecule has 4 rings (SSSR count). The normalized spacial score (nSPS) is 24.2. The number of nitrogens with zero attached hydrogens (tertiary/aromatic N) is 3. The van der Waals surface area contributed by atoms with Gasteiger partial charge in [-0.1, -0.05) is 0 Å². The smallest absolute Gasteiger partial charge is 0.414 e. The number of benzene rings is 1. The van der Waals surface area contributed by atoms with E-state index in [9.17, 15) is 18.4 Å². The van der Waals surface area contributed by atoms with Crippen LogP contribution in [0.15, 0.2) is 17.2 Å².